The van der Waals surface area contributed by atoms with Crippen LogP contribution in [0.15, 0.2) is 42.7 Å². The number of fused-ring (bicyclic) bond motifs is 1. The van der Waals surface area contributed by atoms with E-state index < -0.39 is 0 Å². The molecule has 0 aliphatic heterocycles. The highest BCUT2D eigenvalue weighted by Crippen LogP contribution is 2.10. The van der Waals surface area contributed by atoms with Crippen LogP contribution in [0.4, 0.5) is 0 Å². The van der Waals surface area contributed by atoms with Gasteiger partial charge in [0.05, 0.1) is 12.1 Å². The molecular formula is C14H12N4O. The minimum Gasteiger partial charge on any atom is -0.294 e. The van der Waals surface area contributed by atoms with Gasteiger partial charge < -0.3 is 0 Å². The van der Waals surface area contributed by atoms with Gasteiger partial charge in [-0.05, 0) is 6.92 Å². The number of aromatic nitrogens is 4. The molecule has 19 heavy (non-hydrogen) atoms. The molecule has 0 saturated heterocycles. The lowest BCUT2D eigenvalue weighted by molar-refractivity contribution is 0.0992. The Bertz CT molecular complexity index is 734. The van der Waals surface area contributed by atoms with Crippen LogP contribution < -0.4 is 0 Å². The fourth-order valence-corrected chi connectivity index (χ4v) is 2.00. The summed E-state index contributed by atoms with van der Waals surface area (Å²) >= 11 is 0. The third kappa shape index (κ3) is 2.10. The van der Waals surface area contributed by atoms with Crippen molar-refractivity contribution in [1.29, 1.82) is 0 Å². The second-order valence-corrected chi connectivity index (χ2v) is 4.28. The molecule has 2 heterocycles. The van der Waals surface area contributed by atoms with Crippen LogP contribution in [0.5, 0.6) is 0 Å². The van der Waals surface area contributed by atoms with Gasteiger partial charge in [-0.15, -0.1) is 10.2 Å². The lowest BCUT2D eigenvalue weighted by Gasteiger charge is -2.02. The van der Waals surface area contributed by atoms with Crippen LogP contribution in [0, 0.1) is 6.92 Å². The Morgan fingerprint density at radius 3 is 2.79 bits per heavy atom. The van der Waals surface area contributed by atoms with Crippen LogP contribution in [0.2, 0.25) is 0 Å². The molecule has 3 aromatic rings. The number of benzene rings is 1. The molecule has 0 N–H and O–H groups in total. The summed E-state index contributed by atoms with van der Waals surface area (Å²) in [5.74, 6) is 0.813. The smallest absolute Gasteiger partial charge is 0.183 e. The molecule has 0 aliphatic carbocycles. The molecule has 0 spiro atoms. The first-order valence-electron chi connectivity index (χ1n) is 5.99. The van der Waals surface area contributed by atoms with Gasteiger partial charge in [0.2, 0.25) is 0 Å². The fourth-order valence-electron chi connectivity index (χ4n) is 2.00. The summed E-state index contributed by atoms with van der Waals surface area (Å²) in [5.41, 5.74) is 1.98. The van der Waals surface area contributed by atoms with Crippen LogP contribution in [-0.2, 0) is 6.42 Å². The molecule has 3 rings (SSSR count). The van der Waals surface area contributed by atoms with E-state index in [-0.39, 0.29) is 12.2 Å². The third-order valence-electron chi connectivity index (χ3n) is 2.99. The fraction of sp³-hybridized carbons (Fsp3) is 0.143. The lowest BCUT2D eigenvalue weighted by Crippen LogP contribution is -2.07. The van der Waals surface area contributed by atoms with E-state index in [0.29, 0.717) is 16.9 Å². The number of Topliss-reactive ketones (excluding diaryl/α,β-unsaturated/α-hetero) is 1. The predicted molar refractivity (Wildman–Crippen MR) is 70.0 cm³/mol. The number of carbonyl (C=O) groups excluding carboxylic acids is 1. The maximum absolute atomic E-state index is 12.2. The zero-order valence-corrected chi connectivity index (χ0v) is 10.4. The summed E-state index contributed by atoms with van der Waals surface area (Å²) in [5, 5.41) is 8.06. The number of hydrogen-bond donors (Lipinski definition) is 0. The summed E-state index contributed by atoms with van der Waals surface area (Å²) in [6.45, 7) is 1.86. The zero-order chi connectivity index (χ0) is 13.2. The van der Waals surface area contributed by atoms with E-state index in [1.807, 2.05) is 29.5 Å². The number of aryl methyl sites for hydroxylation is 1. The molecular weight excluding hydrogens is 240 g/mol. The Morgan fingerprint density at radius 1 is 1.21 bits per heavy atom. The molecule has 0 unspecified atom stereocenters. The van der Waals surface area contributed by atoms with Crippen LogP contribution in [0.1, 0.15) is 21.9 Å². The number of carbonyl (C=O) groups is 1. The zero-order valence-electron chi connectivity index (χ0n) is 10.4. The number of rotatable bonds is 3. The van der Waals surface area contributed by atoms with Crippen LogP contribution in [0.25, 0.3) is 5.65 Å². The average molecular weight is 252 g/mol. The summed E-state index contributed by atoms with van der Waals surface area (Å²) in [7, 11) is 0. The molecule has 2 aromatic heterocycles. The van der Waals surface area contributed by atoms with Crippen molar-refractivity contribution < 1.29 is 4.79 Å². The topological polar surface area (TPSA) is 60.2 Å². The first kappa shape index (κ1) is 11.5. The lowest BCUT2D eigenvalue weighted by atomic mass is 10.1. The quantitative estimate of drug-likeness (QED) is 0.667. The second kappa shape index (κ2) is 4.61. The van der Waals surface area contributed by atoms with E-state index in [1.165, 1.54) is 0 Å². The molecule has 0 bridgehead atoms. The monoisotopic (exact) mass is 252 g/mol. The molecule has 0 aliphatic rings. The first-order valence-corrected chi connectivity index (χ1v) is 5.99. The summed E-state index contributed by atoms with van der Waals surface area (Å²) in [6.07, 6.45) is 3.69. The van der Waals surface area contributed by atoms with Crippen LogP contribution in [0.3, 0.4) is 0 Å². The van der Waals surface area contributed by atoms with Crippen molar-refractivity contribution >= 4 is 11.4 Å². The average Bonchev–Trinajstić information content (AvgIpc) is 2.83. The number of ketones is 1. The Labute approximate surface area is 109 Å². The Morgan fingerprint density at radius 2 is 2.00 bits per heavy atom. The summed E-state index contributed by atoms with van der Waals surface area (Å²) in [6, 6.07) is 9.19. The van der Waals surface area contributed by atoms with Crippen molar-refractivity contribution in [1.82, 2.24) is 19.6 Å². The highest BCUT2D eigenvalue weighted by atomic mass is 16.1. The molecule has 0 atom stereocenters. The normalized spacial score (nSPS) is 10.8. The van der Waals surface area contributed by atoms with Crippen molar-refractivity contribution in [2.45, 2.75) is 13.3 Å². The highest BCUT2D eigenvalue weighted by Gasteiger charge is 2.13. The standard InChI is InChI=1S/C14H12N4O/c1-10-16-17-14-12(15-7-8-18(10)14)9-13(19)11-5-3-2-4-6-11/h2-8H,9H2,1H3. The SMILES string of the molecule is Cc1nnc2c(CC(=O)c3ccccc3)nccn12. The molecule has 0 fully saturated rings. The minimum atomic E-state index is 0.0295. The largest absolute Gasteiger partial charge is 0.294 e. The van der Waals surface area contributed by atoms with E-state index in [9.17, 15) is 4.79 Å². The van der Waals surface area contributed by atoms with E-state index in [1.54, 1.807) is 24.5 Å². The number of nitrogens with zero attached hydrogens (tertiary/aromatic N) is 4. The van der Waals surface area contributed by atoms with E-state index >= 15 is 0 Å². The van der Waals surface area contributed by atoms with Gasteiger partial charge in [0.25, 0.3) is 0 Å². The van der Waals surface area contributed by atoms with Gasteiger partial charge in [-0.1, -0.05) is 30.3 Å². The maximum atomic E-state index is 12.2. The second-order valence-electron chi connectivity index (χ2n) is 4.28. The number of hydrogen-bond acceptors (Lipinski definition) is 4. The van der Waals surface area contributed by atoms with Crippen molar-refractivity contribution in [2.75, 3.05) is 0 Å². The van der Waals surface area contributed by atoms with E-state index in [2.05, 4.69) is 15.2 Å². The minimum absolute atomic E-state index is 0.0295. The Kier molecular flexibility index (Phi) is 2.79. The van der Waals surface area contributed by atoms with Crippen LogP contribution in [-0.4, -0.2) is 25.4 Å². The van der Waals surface area contributed by atoms with E-state index in [0.717, 1.165) is 5.82 Å². The van der Waals surface area contributed by atoms with E-state index in [4.69, 9.17) is 0 Å². The van der Waals surface area contributed by atoms with Gasteiger partial charge in [0, 0.05) is 18.0 Å². The molecule has 0 amide bonds. The Hall–Kier alpha value is -2.56. The van der Waals surface area contributed by atoms with Gasteiger partial charge in [0.15, 0.2) is 11.4 Å². The van der Waals surface area contributed by atoms with Gasteiger partial charge in [-0.3, -0.25) is 14.2 Å². The predicted octanol–water partition coefficient (Wildman–Crippen LogP) is 1.86. The van der Waals surface area contributed by atoms with Gasteiger partial charge in [0.1, 0.15) is 5.82 Å². The highest BCUT2D eigenvalue weighted by molar-refractivity contribution is 5.97. The molecule has 94 valence electrons. The van der Waals surface area contributed by atoms with Crippen molar-refractivity contribution in [3.63, 3.8) is 0 Å². The Balaban J connectivity index is 1.96. The van der Waals surface area contributed by atoms with Gasteiger partial charge in [-0.25, -0.2) is 0 Å². The molecule has 0 radical (unpaired) electrons. The maximum Gasteiger partial charge on any atom is 0.183 e. The molecule has 0 saturated carbocycles. The summed E-state index contributed by atoms with van der Waals surface area (Å²) < 4.78 is 1.83. The van der Waals surface area contributed by atoms with Crippen LogP contribution >= 0.6 is 0 Å². The van der Waals surface area contributed by atoms with Crippen molar-refractivity contribution in [3.05, 3.63) is 59.8 Å². The van der Waals surface area contributed by atoms with Crippen molar-refractivity contribution in [2.24, 2.45) is 0 Å². The van der Waals surface area contributed by atoms with Gasteiger partial charge in [-0.2, -0.15) is 0 Å². The van der Waals surface area contributed by atoms with Gasteiger partial charge >= 0.3 is 0 Å². The van der Waals surface area contributed by atoms with Crippen molar-refractivity contribution in [3.8, 4) is 0 Å². The first-order chi connectivity index (χ1) is 9.25. The molecule has 1 aromatic carbocycles. The summed E-state index contributed by atoms with van der Waals surface area (Å²) in [4.78, 5) is 16.4. The molecule has 5 heteroatoms. The molecule has 5 nitrogen and oxygen atoms in total. The third-order valence-corrected chi connectivity index (χ3v) is 2.99.